The van der Waals surface area contributed by atoms with Gasteiger partial charge in [-0.25, -0.2) is 9.98 Å². The van der Waals surface area contributed by atoms with Gasteiger partial charge in [-0.3, -0.25) is 14.7 Å². The number of aliphatic imine (C=N–C) groups is 1. The second-order valence-electron chi connectivity index (χ2n) is 9.21. The smallest absolute Gasteiger partial charge is 0.259 e. The number of carbonyl (C=O) groups is 1. The molecule has 3 heterocycles. The summed E-state index contributed by atoms with van der Waals surface area (Å²) in [6.07, 6.45) is 10.0. The van der Waals surface area contributed by atoms with Gasteiger partial charge in [-0.2, -0.15) is 0 Å². The van der Waals surface area contributed by atoms with Crippen molar-refractivity contribution in [2.24, 2.45) is 10.7 Å². The van der Waals surface area contributed by atoms with Crippen LogP contribution in [0.4, 0.5) is 11.5 Å². The highest BCUT2D eigenvalue weighted by atomic mass is 16.5. The lowest BCUT2D eigenvalue weighted by Gasteiger charge is -2.36. The Morgan fingerprint density at radius 2 is 2.11 bits per heavy atom. The van der Waals surface area contributed by atoms with E-state index < -0.39 is 0 Å². The van der Waals surface area contributed by atoms with Gasteiger partial charge in [-0.15, -0.1) is 0 Å². The molecular weight excluding hydrogens is 468 g/mol. The van der Waals surface area contributed by atoms with Crippen molar-refractivity contribution in [2.75, 3.05) is 38.2 Å². The third-order valence-electron chi connectivity index (χ3n) is 6.70. The van der Waals surface area contributed by atoms with Gasteiger partial charge in [-0.05, 0) is 69.4 Å². The molecule has 1 saturated heterocycles. The van der Waals surface area contributed by atoms with E-state index in [1.165, 1.54) is 11.8 Å². The second-order valence-corrected chi connectivity index (χ2v) is 9.21. The lowest BCUT2D eigenvalue weighted by molar-refractivity contribution is -0.112. The Kier molecular flexibility index (Phi) is 9.03. The summed E-state index contributed by atoms with van der Waals surface area (Å²) in [7, 11) is 0. The highest BCUT2D eigenvalue weighted by Gasteiger charge is 2.24. The molecule has 4 rings (SSSR count). The molecule has 9 nitrogen and oxygen atoms in total. The van der Waals surface area contributed by atoms with E-state index in [2.05, 4.69) is 26.3 Å². The first kappa shape index (κ1) is 26.5. The Morgan fingerprint density at radius 1 is 1.30 bits per heavy atom. The molecule has 0 bridgehead atoms. The first-order valence-electron chi connectivity index (χ1n) is 12.8. The number of rotatable bonds is 8. The number of pyridine rings is 2. The molecule has 1 aliphatic carbocycles. The van der Waals surface area contributed by atoms with E-state index in [-0.39, 0.29) is 11.5 Å². The summed E-state index contributed by atoms with van der Waals surface area (Å²) in [6.45, 7) is 9.90. The summed E-state index contributed by atoms with van der Waals surface area (Å²) in [4.78, 5) is 28.9. The summed E-state index contributed by atoms with van der Waals surface area (Å²) in [6, 6.07) is 6.05. The first-order valence-corrected chi connectivity index (χ1v) is 12.8. The monoisotopic (exact) mass is 504 g/mol. The fourth-order valence-corrected chi connectivity index (χ4v) is 4.77. The minimum Gasteiger partial charge on any atom is -0.492 e. The number of nitrogens with two attached hydrogens (primary N) is 1. The summed E-state index contributed by atoms with van der Waals surface area (Å²) in [5.41, 5.74) is 10.4. The van der Waals surface area contributed by atoms with E-state index in [9.17, 15) is 4.79 Å². The number of hydrogen-bond donors (Lipinski definition) is 2. The highest BCUT2D eigenvalue weighted by molar-refractivity contribution is 6.24. The van der Waals surface area contributed by atoms with Crippen molar-refractivity contribution in [3.63, 3.8) is 0 Å². The van der Waals surface area contributed by atoms with Gasteiger partial charge in [0, 0.05) is 25.3 Å². The maximum absolute atomic E-state index is 13.0. The topological polar surface area (TPSA) is 115 Å². The molecule has 9 heteroatoms. The van der Waals surface area contributed by atoms with Crippen LogP contribution in [0.1, 0.15) is 44.4 Å². The number of allylic oxidation sites excluding steroid dienone is 1. The average molecular weight is 505 g/mol. The molecule has 0 spiro atoms. The van der Waals surface area contributed by atoms with Gasteiger partial charge in [0.05, 0.1) is 54.9 Å². The van der Waals surface area contributed by atoms with Gasteiger partial charge >= 0.3 is 0 Å². The van der Waals surface area contributed by atoms with Crippen molar-refractivity contribution >= 4 is 28.7 Å². The Bertz CT molecular complexity index is 1180. The molecule has 37 heavy (non-hydrogen) atoms. The minimum atomic E-state index is -0.353. The highest BCUT2D eigenvalue weighted by Crippen LogP contribution is 2.31. The van der Waals surface area contributed by atoms with Gasteiger partial charge in [-0.1, -0.05) is 6.08 Å². The third kappa shape index (κ3) is 6.81. The van der Waals surface area contributed by atoms with Crippen LogP contribution < -0.4 is 15.8 Å². The molecule has 1 atom stereocenters. The zero-order valence-corrected chi connectivity index (χ0v) is 21.9. The van der Waals surface area contributed by atoms with E-state index in [1.54, 1.807) is 31.5 Å². The number of aromatic nitrogens is 2. The van der Waals surface area contributed by atoms with E-state index in [0.717, 1.165) is 56.8 Å². The number of carbonyl (C=O) groups excluding carboxylic acids is 1. The second kappa shape index (κ2) is 12.6. The van der Waals surface area contributed by atoms with Crippen LogP contribution in [0.3, 0.4) is 0 Å². The number of amides is 1. The lowest BCUT2D eigenvalue weighted by atomic mass is 9.90. The van der Waals surface area contributed by atoms with Crippen molar-refractivity contribution in [1.82, 2.24) is 14.9 Å². The molecule has 0 radical (unpaired) electrons. The maximum atomic E-state index is 13.0. The molecule has 2 aliphatic rings. The quantitative estimate of drug-likeness (QED) is 0.412. The van der Waals surface area contributed by atoms with Crippen LogP contribution in [-0.4, -0.2) is 65.4 Å². The fraction of sp³-hybridized carbons (Fsp3) is 0.429. The minimum absolute atomic E-state index is 0.265. The molecule has 0 aromatic carbocycles. The van der Waals surface area contributed by atoms with Crippen LogP contribution in [0.25, 0.3) is 5.57 Å². The molecule has 1 aliphatic heterocycles. The molecule has 2 aromatic rings. The summed E-state index contributed by atoms with van der Waals surface area (Å²) < 4.78 is 10.9. The SMILES string of the molecule is CCOc1ccc(N=C(C)C(=CN)C(=O)Nc2cnc(C3=CCC(N4CCOCC4)CC3)c(C)c2)nc1. The lowest BCUT2D eigenvalue weighted by Crippen LogP contribution is -2.43. The fourth-order valence-electron chi connectivity index (χ4n) is 4.77. The van der Waals surface area contributed by atoms with E-state index in [0.29, 0.717) is 35.6 Å². The molecule has 1 unspecified atom stereocenters. The third-order valence-corrected chi connectivity index (χ3v) is 6.70. The van der Waals surface area contributed by atoms with Gasteiger partial charge in [0.25, 0.3) is 5.91 Å². The number of aryl methyl sites for hydroxylation is 1. The van der Waals surface area contributed by atoms with E-state index in [4.69, 9.17) is 20.2 Å². The number of morpholine rings is 1. The number of ether oxygens (including phenoxy) is 2. The Morgan fingerprint density at radius 3 is 2.73 bits per heavy atom. The van der Waals surface area contributed by atoms with Crippen molar-refractivity contribution in [3.05, 3.63) is 59.7 Å². The molecule has 1 amide bonds. The van der Waals surface area contributed by atoms with Crippen molar-refractivity contribution in [1.29, 1.82) is 0 Å². The van der Waals surface area contributed by atoms with Crippen LogP contribution in [0.2, 0.25) is 0 Å². The van der Waals surface area contributed by atoms with Crippen molar-refractivity contribution in [2.45, 2.75) is 46.1 Å². The normalized spacial score (nSPS) is 19.3. The van der Waals surface area contributed by atoms with Crippen LogP contribution in [0.5, 0.6) is 5.75 Å². The summed E-state index contributed by atoms with van der Waals surface area (Å²) >= 11 is 0. The van der Waals surface area contributed by atoms with E-state index in [1.807, 2.05) is 19.9 Å². The van der Waals surface area contributed by atoms with Crippen LogP contribution >= 0.6 is 0 Å². The Balaban J connectivity index is 1.39. The zero-order valence-electron chi connectivity index (χ0n) is 21.9. The standard InChI is InChI=1S/C28H36N6O3/c1-4-37-24-9-10-26(30-18-24)32-20(3)25(16-29)28(35)33-22-15-19(2)27(31-17-22)21-5-7-23(8-6-21)34-11-13-36-14-12-34/h5,9-10,15-18,23H,4,6-8,11-14,29H2,1-3H3,(H,33,35). The molecule has 3 N–H and O–H groups in total. The van der Waals surface area contributed by atoms with Crippen LogP contribution in [0, 0.1) is 6.92 Å². The number of nitrogens with one attached hydrogen (secondary N) is 1. The molecule has 2 aromatic heterocycles. The van der Waals surface area contributed by atoms with Gasteiger partial charge < -0.3 is 20.5 Å². The maximum Gasteiger partial charge on any atom is 0.259 e. The van der Waals surface area contributed by atoms with Crippen LogP contribution in [-0.2, 0) is 9.53 Å². The predicted octanol–water partition coefficient (Wildman–Crippen LogP) is 4.03. The first-order chi connectivity index (χ1) is 18.0. The zero-order chi connectivity index (χ0) is 26.2. The van der Waals surface area contributed by atoms with Gasteiger partial charge in [0.15, 0.2) is 5.82 Å². The molecule has 0 saturated carbocycles. The number of hydrogen-bond acceptors (Lipinski definition) is 8. The number of nitrogens with zero attached hydrogens (tertiary/aromatic N) is 4. The Hall–Kier alpha value is -3.56. The summed E-state index contributed by atoms with van der Waals surface area (Å²) in [5.74, 6) is 0.777. The van der Waals surface area contributed by atoms with Crippen molar-refractivity contribution in [3.8, 4) is 5.75 Å². The molecule has 196 valence electrons. The largest absolute Gasteiger partial charge is 0.492 e. The average Bonchev–Trinajstić information content (AvgIpc) is 2.91. The van der Waals surface area contributed by atoms with Crippen molar-refractivity contribution < 1.29 is 14.3 Å². The Labute approximate surface area is 218 Å². The summed E-state index contributed by atoms with van der Waals surface area (Å²) in [5, 5.41) is 2.90. The van der Waals surface area contributed by atoms with Crippen LogP contribution in [0.15, 0.2) is 53.4 Å². The molecular formula is C28H36N6O3. The van der Waals surface area contributed by atoms with Gasteiger partial charge in [0.1, 0.15) is 5.75 Å². The molecule has 1 fully saturated rings. The predicted molar refractivity (Wildman–Crippen MR) is 146 cm³/mol. The van der Waals surface area contributed by atoms with Gasteiger partial charge in [0.2, 0.25) is 0 Å². The van der Waals surface area contributed by atoms with E-state index >= 15 is 0 Å². The number of anilines is 1.